The van der Waals surface area contributed by atoms with Crippen LogP contribution in [-0.4, -0.2) is 9.97 Å². The van der Waals surface area contributed by atoms with Crippen molar-refractivity contribution in [2.75, 3.05) is 0 Å². The van der Waals surface area contributed by atoms with E-state index >= 15 is 0 Å². The number of halogens is 2. The van der Waals surface area contributed by atoms with Crippen LogP contribution in [0.2, 0.25) is 10.2 Å². The largest absolute Gasteiger partial charge is 0.226 e. The first kappa shape index (κ1) is 16.6. The minimum atomic E-state index is -0.128. The molecule has 112 valence electrons. The normalized spacial score (nSPS) is 11.7. The Morgan fingerprint density at radius 2 is 1.76 bits per heavy atom. The first-order valence-corrected chi connectivity index (χ1v) is 8.44. The highest BCUT2D eigenvalue weighted by atomic mass is 35.5. The molecule has 2 rings (SSSR count). The maximum absolute atomic E-state index is 6.25. The lowest BCUT2D eigenvalue weighted by Crippen LogP contribution is -2.17. The van der Waals surface area contributed by atoms with Crippen molar-refractivity contribution < 1.29 is 0 Å². The minimum absolute atomic E-state index is 0.128. The molecule has 5 heteroatoms. The second kappa shape index (κ2) is 6.55. The van der Waals surface area contributed by atoms with E-state index in [1.165, 1.54) is 0 Å². The molecule has 21 heavy (non-hydrogen) atoms. The maximum atomic E-state index is 6.25. The zero-order chi connectivity index (χ0) is 15.6. The molecule has 0 spiro atoms. The number of thioether (sulfide) groups is 1. The van der Waals surface area contributed by atoms with Gasteiger partial charge in [0.1, 0.15) is 16.0 Å². The van der Waals surface area contributed by atoms with Crippen molar-refractivity contribution in [2.45, 2.75) is 43.9 Å². The van der Waals surface area contributed by atoms with Crippen LogP contribution in [0.4, 0.5) is 0 Å². The average Bonchev–Trinajstić information content (AvgIpc) is 2.40. The average molecular weight is 341 g/mol. The Hall–Kier alpha value is -0.770. The van der Waals surface area contributed by atoms with Crippen LogP contribution in [0.5, 0.6) is 0 Å². The predicted molar refractivity (Wildman–Crippen MR) is 91.5 cm³/mol. The topological polar surface area (TPSA) is 25.8 Å². The van der Waals surface area contributed by atoms with Crippen molar-refractivity contribution in [3.05, 3.63) is 51.4 Å². The highest BCUT2D eigenvalue weighted by molar-refractivity contribution is 7.98. The molecule has 2 aromatic rings. The number of hydrogen-bond acceptors (Lipinski definition) is 3. The van der Waals surface area contributed by atoms with Crippen molar-refractivity contribution in [3.63, 3.8) is 0 Å². The van der Waals surface area contributed by atoms with Crippen molar-refractivity contribution in [1.29, 1.82) is 0 Å². The van der Waals surface area contributed by atoms with Crippen LogP contribution < -0.4 is 0 Å². The van der Waals surface area contributed by atoms with E-state index in [0.29, 0.717) is 5.15 Å². The van der Waals surface area contributed by atoms with Gasteiger partial charge < -0.3 is 0 Å². The van der Waals surface area contributed by atoms with Gasteiger partial charge in [0.05, 0.1) is 0 Å². The Kier molecular flexibility index (Phi) is 5.18. The van der Waals surface area contributed by atoms with Crippen LogP contribution in [0.25, 0.3) is 0 Å². The van der Waals surface area contributed by atoms with Gasteiger partial charge in [0.2, 0.25) is 0 Å². The number of aromatic nitrogens is 2. The molecule has 0 radical (unpaired) electrons. The minimum Gasteiger partial charge on any atom is -0.226 e. The fraction of sp³-hybridized carbons (Fsp3) is 0.375. The van der Waals surface area contributed by atoms with E-state index in [0.717, 1.165) is 32.8 Å². The molecule has 1 aromatic heterocycles. The van der Waals surface area contributed by atoms with Crippen molar-refractivity contribution in [3.8, 4) is 0 Å². The number of rotatable bonds is 3. The zero-order valence-corrected chi connectivity index (χ0v) is 14.9. The van der Waals surface area contributed by atoms with Crippen LogP contribution in [0, 0.1) is 6.92 Å². The highest BCUT2D eigenvalue weighted by Crippen LogP contribution is 2.32. The van der Waals surface area contributed by atoms with Crippen LogP contribution in [-0.2, 0) is 11.2 Å². The summed E-state index contributed by atoms with van der Waals surface area (Å²) in [7, 11) is 0. The number of nitrogens with zero attached hydrogens (tertiary/aromatic N) is 2. The summed E-state index contributed by atoms with van der Waals surface area (Å²) in [5, 5.41) is 2.22. The van der Waals surface area contributed by atoms with E-state index in [-0.39, 0.29) is 5.41 Å². The summed E-state index contributed by atoms with van der Waals surface area (Å²) in [5.74, 6) is 1.53. The Morgan fingerprint density at radius 1 is 1.10 bits per heavy atom. The summed E-state index contributed by atoms with van der Waals surface area (Å²) in [6.45, 7) is 8.19. The summed E-state index contributed by atoms with van der Waals surface area (Å²) in [6.07, 6.45) is 0. The monoisotopic (exact) mass is 340 g/mol. The summed E-state index contributed by atoms with van der Waals surface area (Å²) < 4.78 is 0. The second-order valence-corrected chi connectivity index (χ2v) is 7.63. The lowest BCUT2D eigenvalue weighted by atomic mass is 9.96. The molecule has 0 atom stereocenters. The zero-order valence-electron chi connectivity index (χ0n) is 12.6. The molecule has 2 nitrogen and oxygen atoms in total. The van der Waals surface area contributed by atoms with Gasteiger partial charge >= 0.3 is 0 Å². The molecule has 0 unspecified atom stereocenters. The molecule has 1 aromatic carbocycles. The van der Waals surface area contributed by atoms with Gasteiger partial charge in [0.15, 0.2) is 0 Å². The van der Waals surface area contributed by atoms with Gasteiger partial charge in [-0.3, -0.25) is 0 Å². The standard InChI is InChI=1S/C16H18Cl2N2S/c1-10-13(18)19-15(16(2,3)4)20-14(10)21-9-11-7-5-6-8-12(11)17/h5-8H,9H2,1-4H3. The fourth-order valence-electron chi connectivity index (χ4n) is 1.71. The van der Waals surface area contributed by atoms with E-state index in [9.17, 15) is 0 Å². The summed E-state index contributed by atoms with van der Waals surface area (Å²) in [5.41, 5.74) is 1.88. The van der Waals surface area contributed by atoms with E-state index < -0.39 is 0 Å². The van der Waals surface area contributed by atoms with Gasteiger partial charge in [-0.1, -0.05) is 62.2 Å². The number of benzene rings is 1. The lowest BCUT2D eigenvalue weighted by molar-refractivity contribution is 0.537. The Bertz CT molecular complexity index is 651. The van der Waals surface area contributed by atoms with Gasteiger partial charge in [-0.25, -0.2) is 9.97 Å². The smallest absolute Gasteiger partial charge is 0.136 e. The quantitative estimate of drug-likeness (QED) is 0.530. The Labute approximate surface area is 140 Å². The van der Waals surface area contributed by atoms with Crippen molar-refractivity contribution >= 4 is 35.0 Å². The van der Waals surface area contributed by atoms with Crippen molar-refractivity contribution in [1.82, 2.24) is 9.97 Å². The number of hydrogen-bond donors (Lipinski definition) is 0. The van der Waals surface area contributed by atoms with Gasteiger partial charge in [-0.2, -0.15) is 0 Å². The molecule has 0 fully saturated rings. The van der Waals surface area contributed by atoms with E-state index in [1.807, 2.05) is 31.2 Å². The van der Waals surface area contributed by atoms with Gasteiger partial charge in [0, 0.05) is 21.8 Å². The third kappa shape index (κ3) is 4.12. The first-order chi connectivity index (χ1) is 9.79. The molecule has 0 aliphatic heterocycles. The third-order valence-electron chi connectivity index (χ3n) is 3.03. The Balaban J connectivity index is 2.28. The van der Waals surface area contributed by atoms with E-state index in [2.05, 4.69) is 30.7 Å². The van der Waals surface area contributed by atoms with E-state index in [1.54, 1.807) is 11.8 Å². The molecule has 0 N–H and O–H groups in total. The molecule has 0 aliphatic rings. The highest BCUT2D eigenvalue weighted by Gasteiger charge is 2.20. The lowest BCUT2D eigenvalue weighted by Gasteiger charge is -2.18. The summed E-state index contributed by atoms with van der Waals surface area (Å²) in [4.78, 5) is 9.07. The summed E-state index contributed by atoms with van der Waals surface area (Å²) in [6, 6.07) is 7.85. The van der Waals surface area contributed by atoms with Gasteiger partial charge in [-0.05, 0) is 18.6 Å². The third-order valence-corrected chi connectivity index (χ3v) is 4.90. The van der Waals surface area contributed by atoms with Crippen LogP contribution in [0.15, 0.2) is 29.3 Å². The molecule has 1 heterocycles. The summed E-state index contributed by atoms with van der Waals surface area (Å²) >= 11 is 14.1. The predicted octanol–water partition coefficient (Wildman–Crippen LogP) is 5.68. The Morgan fingerprint density at radius 3 is 2.38 bits per heavy atom. The van der Waals surface area contributed by atoms with Crippen LogP contribution >= 0.6 is 35.0 Å². The molecule has 0 amide bonds. The molecule has 0 aliphatic carbocycles. The van der Waals surface area contributed by atoms with Crippen molar-refractivity contribution in [2.24, 2.45) is 0 Å². The maximum Gasteiger partial charge on any atom is 0.136 e. The van der Waals surface area contributed by atoms with Crippen LogP contribution in [0.1, 0.15) is 37.7 Å². The van der Waals surface area contributed by atoms with Gasteiger partial charge in [-0.15, -0.1) is 11.8 Å². The van der Waals surface area contributed by atoms with E-state index in [4.69, 9.17) is 23.2 Å². The van der Waals surface area contributed by atoms with Crippen LogP contribution in [0.3, 0.4) is 0 Å². The molecular formula is C16H18Cl2N2S. The second-order valence-electron chi connectivity index (χ2n) is 5.90. The molecule has 0 bridgehead atoms. The molecule has 0 saturated heterocycles. The first-order valence-electron chi connectivity index (χ1n) is 6.70. The SMILES string of the molecule is Cc1c(Cl)nc(C(C)(C)C)nc1SCc1ccccc1Cl. The fourth-order valence-corrected chi connectivity index (χ4v) is 3.22. The van der Waals surface area contributed by atoms with Gasteiger partial charge in [0.25, 0.3) is 0 Å². The molecule has 0 saturated carbocycles. The molecular weight excluding hydrogens is 323 g/mol.